The quantitative estimate of drug-likeness (QED) is 0.548. The first-order valence-electron chi connectivity index (χ1n) is 8.65. The molecule has 2 nitrogen and oxygen atoms in total. The summed E-state index contributed by atoms with van der Waals surface area (Å²) in [5.41, 5.74) is 12.8. The van der Waals surface area contributed by atoms with Gasteiger partial charge in [0.15, 0.2) is 0 Å². The zero-order valence-electron chi connectivity index (χ0n) is 15.6. The SMILES string of the molecule is C=COc1cc(-c2cccc(C)c2-c2ccc(F)c(C)c2)ccc1C(=C)N. The molecule has 0 aliphatic rings. The zero-order valence-corrected chi connectivity index (χ0v) is 15.6. The normalized spacial score (nSPS) is 10.5. The van der Waals surface area contributed by atoms with Crippen LogP contribution in [0.2, 0.25) is 0 Å². The van der Waals surface area contributed by atoms with E-state index in [1.54, 1.807) is 6.92 Å². The molecule has 3 heteroatoms. The molecule has 136 valence electrons. The minimum Gasteiger partial charge on any atom is -0.465 e. The highest BCUT2D eigenvalue weighted by Crippen LogP contribution is 2.38. The maximum atomic E-state index is 13.8. The molecule has 2 N–H and O–H groups in total. The molecule has 0 aromatic heterocycles. The van der Waals surface area contributed by atoms with Crippen molar-refractivity contribution >= 4 is 5.70 Å². The largest absolute Gasteiger partial charge is 0.465 e. The van der Waals surface area contributed by atoms with E-state index in [2.05, 4.69) is 26.1 Å². The molecule has 3 rings (SSSR count). The Morgan fingerprint density at radius 2 is 1.74 bits per heavy atom. The van der Waals surface area contributed by atoms with Gasteiger partial charge in [0.1, 0.15) is 11.6 Å². The average molecular weight is 359 g/mol. The van der Waals surface area contributed by atoms with Crippen LogP contribution in [0.1, 0.15) is 16.7 Å². The second-order valence-corrected chi connectivity index (χ2v) is 6.48. The van der Waals surface area contributed by atoms with Crippen LogP contribution in [0.3, 0.4) is 0 Å². The number of ether oxygens (including phenoxy) is 1. The second-order valence-electron chi connectivity index (χ2n) is 6.48. The third kappa shape index (κ3) is 3.63. The van der Waals surface area contributed by atoms with Gasteiger partial charge in [0.25, 0.3) is 0 Å². The van der Waals surface area contributed by atoms with E-state index in [-0.39, 0.29) is 5.82 Å². The molecule has 0 heterocycles. The molecule has 0 fully saturated rings. The number of hydrogen-bond donors (Lipinski definition) is 1. The molecule has 3 aromatic rings. The fourth-order valence-corrected chi connectivity index (χ4v) is 3.23. The lowest BCUT2D eigenvalue weighted by molar-refractivity contribution is 0.482. The van der Waals surface area contributed by atoms with Gasteiger partial charge in [-0.25, -0.2) is 4.39 Å². The van der Waals surface area contributed by atoms with Crippen LogP contribution in [0.15, 0.2) is 74.0 Å². The van der Waals surface area contributed by atoms with Gasteiger partial charge in [-0.3, -0.25) is 0 Å². The number of nitrogens with two attached hydrogens (primary N) is 1. The molecule has 0 atom stereocenters. The Kier molecular flexibility index (Phi) is 5.13. The summed E-state index contributed by atoms with van der Waals surface area (Å²) in [6.45, 7) is 11.2. The summed E-state index contributed by atoms with van der Waals surface area (Å²) in [7, 11) is 0. The predicted octanol–water partition coefficient (Wildman–Crippen LogP) is 6.23. The van der Waals surface area contributed by atoms with Crippen molar-refractivity contribution in [3.63, 3.8) is 0 Å². The fourth-order valence-electron chi connectivity index (χ4n) is 3.23. The Morgan fingerprint density at radius 1 is 1.00 bits per heavy atom. The van der Waals surface area contributed by atoms with Gasteiger partial charge in [-0.1, -0.05) is 43.5 Å². The molecule has 0 aliphatic heterocycles. The lowest BCUT2D eigenvalue weighted by Gasteiger charge is -2.16. The Labute approximate surface area is 159 Å². The number of rotatable bonds is 5. The van der Waals surface area contributed by atoms with Crippen LogP contribution in [0.5, 0.6) is 5.75 Å². The lowest BCUT2D eigenvalue weighted by Crippen LogP contribution is -1.98. The number of benzene rings is 3. The third-order valence-electron chi connectivity index (χ3n) is 4.57. The maximum Gasteiger partial charge on any atom is 0.136 e. The van der Waals surface area contributed by atoms with Crippen molar-refractivity contribution in [2.45, 2.75) is 13.8 Å². The highest BCUT2D eigenvalue weighted by molar-refractivity contribution is 5.87. The van der Waals surface area contributed by atoms with Crippen LogP contribution in [-0.2, 0) is 0 Å². The molecule has 0 radical (unpaired) electrons. The van der Waals surface area contributed by atoms with Crippen LogP contribution in [0.25, 0.3) is 28.0 Å². The standard InChI is InChI=1S/C24H22FNO/c1-5-27-23-14-18(9-11-20(23)17(4)26)21-8-6-7-15(2)24(21)19-10-12-22(25)16(3)13-19/h5-14H,1,4,26H2,2-3H3. The van der Waals surface area contributed by atoms with E-state index in [1.165, 1.54) is 12.3 Å². The molecule has 0 unspecified atom stereocenters. The second kappa shape index (κ2) is 7.50. The summed E-state index contributed by atoms with van der Waals surface area (Å²) in [5, 5.41) is 0. The van der Waals surface area contributed by atoms with E-state index >= 15 is 0 Å². The van der Waals surface area contributed by atoms with Gasteiger partial charge in [0.05, 0.1) is 6.26 Å². The van der Waals surface area contributed by atoms with E-state index in [4.69, 9.17) is 10.5 Å². The van der Waals surface area contributed by atoms with Crippen LogP contribution < -0.4 is 10.5 Å². The molecule has 0 spiro atoms. The van der Waals surface area contributed by atoms with Gasteiger partial charge in [-0.2, -0.15) is 0 Å². The topological polar surface area (TPSA) is 35.2 Å². The average Bonchev–Trinajstić information content (AvgIpc) is 2.64. The maximum absolute atomic E-state index is 13.8. The molecule has 0 saturated heterocycles. The van der Waals surface area contributed by atoms with E-state index < -0.39 is 0 Å². The summed E-state index contributed by atoms with van der Waals surface area (Å²) >= 11 is 0. The summed E-state index contributed by atoms with van der Waals surface area (Å²) in [6, 6.07) is 17.1. The smallest absolute Gasteiger partial charge is 0.136 e. The van der Waals surface area contributed by atoms with Crippen molar-refractivity contribution in [3.05, 3.63) is 96.5 Å². The molecular formula is C24H22FNO. The summed E-state index contributed by atoms with van der Waals surface area (Å²) in [5.74, 6) is 0.388. The molecule has 0 saturated carbocycles. The molecule has 27 heavy (non-hydrogen) atoms. The van der Waals surface area contributed by atoms with Crippen LogP contribution >= 0.6 is 0 Å². The van der Waals surface area contributed by atoms with Gasteiger partial charge in [-0.05, 0) is 71.5 Å². The Bertz CT molecular complexity index is 1040. The van der Waals surface area contributed by atoms with Crippen molar-refractivity contribution in [3.8, 4) is 28.0 Å². The highest BCUT2D eigenvalue weighted by Gasteiger charge is 2.14. The minimum absolute atomic E-state index is 0.207. The first-order valence-corrected chi connectivity index (χ1v) is 8.65. The molecule has 0 bridgehead atoms. The van der Waals surface area contributed by atoms with Crippen LogP contribution in [-0.4, -0.2) is 0 Å². The fraction of sp³-hybridized carbons (Fsp3) is 0.0833. The van der Waals surface area contributed by atoms with Gasteiger partial charge in [-0.15, -0.1) is 0 Å². The zero-order chi connectivity index (χ0) is 19.6. The summed E-state index contributed by atoms with van der Waals surface area (Å²) in [6.07, 6.45) is 1.37. The van der Waals surface area contributed by atoms with Crippen LogP contribution in [0, 0.1) is 19.7 Å². The first-order chi connectivity index (χ1) is 12.9. The number of aryl methyl sites for hydroxylation is 2. The third-order valence-corrected chi connectivity index (χ3v) is 4.57. The summed E-state index contributed by atoms with van der Waals surface area (Å²) in [4.78, 5) is 0. The van der Waals surface area contributed by atoms with Crippen molar-refractivity contribution in [1.29, 1.82) is 0 Å². The number of hydrogen-bond acceptors (Lipinski definition) is 2. The monoisotopic (exact) mass is 359 g/mol. The summed E-state index contributed by atoms with van der Waals surface area (Å²) < 4.78 is 19.3. The molecular weight excluding hydrogens is 337 g/mol. The van der Waals surface area contributed by atoms with E-state index in [0.717, 1.165) is 33.4 Å². The van der Waals surface area contributed by atoms with Crippen LogP contribution in [0.4, 0.5) is 4.39 Å². The van der Waals surface area contributed by atoms with Gasteiger partial charge < -0.3 is 10.5 Å². The van der Waals surface area contributed by atoms with Crippen molar-refractivity contribution in [2.75, 3.05) is 0 Å². The van der Waals surface area contributed by atoms with E-state index in [9.17, 15) is 4.39 Å². The van der Waals surface area contributed by atoms with E-state index in [1.807, 2.05) is 42.5 Å². The molecule has 0 amide bonds. The first kappa shape index (κ1) is 18.5. The highest BCUT2D eigenvalue weighted by atomic mass is 19.1. The van der Waals surface area contributed by atoms with Crippen molar-refractivity contribution in [1.82, 2.24) is 0 Å². The molecule has 3 aromatic carbocycles. The van der Waals surface area contributed by atoms with Crippen molar-refractivity contribution in [2.24, 2.45) is 5.73 Å². The van der Waals surface area contributed by atoms with E-state index in [0.29, 0.717) is 17.0 Å². The predicted molar refractivity (Wildman–Crippen MR) is 111 cm³/mol. The minimum atomic E-state index is -0.207. The van der Waals surface area contributed by atoms with Gasteiger partial charge in [0, 0.05) is 11.3 Å². The van der Waals surface area contributed by atoms with Gasteiger partial charge >= 0.3 is 0 Å². The Balaban J connectivity index is 2.22. The Morgan fingerprint density at radius 3 is 2.41 bits per heavy atom. The lowest BCUT2D eigenvalue weighted by atomic mass is 9.90. The molecule has 0 aliphatic carbocycles. The van der Waals surface area contributed by atoms with Crippen molar-refractivity contribution < 1.29 is 9.13 Å². The number of halogens is 1. The van der Waals surface area contributed by atoms with Gasteiger partial charge in [0.2, 0.25) is 0 Å². The Hall–Kier alpha value is -3.33.